The third-order valence-electron chi connectivity index (χ3n) is 9.32. The molecule has 0 spiro atoms. The minimum absolute atomic E-state index is 0.0223. The lowest BCUT2D eigenvalue weighted by Crippen LogP contribution is -2.43. The van der Waals surface area contributed by atoms with E-state index in [9.17, 15) is 51.8 Å². The first-order valence-electron chi connectivity index (χ1n) is 21.7. The van der Waals surface area contributed by atoms with Crippen molar-refractivity contribution in [1.29, 1.82) is 0 Å². The number of hydrogen-bond donors (Lipinski definition) is 3. The number of hydrogen-bond acceptors (Lipinski definition) is 13. The first-order chi connectivity index (χ1) is 34.0. The lowest BCUT2D eigenvalue weighted by atomic mass is 10.0. The van der Waals surface area contributed by atoms with E-state index < -0.39 is 70.2 Å². The highest BCUT2D eigenvalue weighted by atomic mass is 35.5. The predicted molar refractivity (Wildman–Crippen MR) is 275 cm³/mol. The number of para-hydroxylation sites is 1. The third-order valence-corrected chi connectivity index (χ3v) is 11.3. The molecule has 406 valence electrons. The van der Waals surface area contributed by atoms with Gasteiger partial charge in [0.15, 0.2) is 18.3 Å². The maximum absolute atomic E-state index is 12.8. The number of carbonyl (C=O) groups excluding carboxylic acids is 4. The first kappa shape index (κ1) is 67.8. The van der Waals surface area contributed by atoms with Crippen molar-refractivity contribution in [3.63, 3.8) is 0 Å². The van der Waals surface area contributed by atoms with Gasteiger partial charge in [-0.1, -0.05) is 72.1 Å². The zero-order valence-corrected chi connectivity index (χ0v) is 45.0. The number of anilines is 1. The Morgan fingerprint density at radius 3 is 2.07 bits per heavy atom. The fourth-order valence-corrected chi connectivity index (χ4v) is 7.23. The summed E-state index contributed by atoms with van der Waals surface area (Å²) in [6.07, 6.45) is -1.85. The second-order valence-corrected chi connectivity index (χ2v) is 19.6. The average Bonchev–Trinajstić information content (AvgIpc) is 3.31. The molecule has 4 unspecified atom stereocenters. The Hall–Kier alpha value is -5.25. The van der Waals surface area contributed by atoms with Crippen LogP contribution in [0.1, 0.15) is 61.2 Å². The number of methoxy groups -OCH3 is 1. The van der Waals surface area contributed by atoms with Gasteiger partial charge in [0.2, 0.25) is 5.91 Å². The molecule has 0 aliphatic rings. The molecule has 0 aliphatic carbocycles. The molecule has 0 fully saturated rings. The van der Waals surface area contributed by atoms with E-state index in [2.05, 4.69) is 26.1 Å². The first-order valence-corrected chi connectivity index (χ1v) is 25.8. The minimum atomic E-state index is -4.61. The summed E-state index contributed by atoms with van der Waals surface area (Å²) in [6, 6.07) is 10.4. The van der Waals surface area contributed by atoms with Crippen molar-refractivity contribution < 1.29 is 75.6 Å². The summed E-state index contributed by atoms with van der Waals surface area (Å²) in [5.74, 6) is -3.93. The highest BCUT2D eigenvalue weighted by molar-refractivity contribution is 7.57. The number of benzene rings is 3. The van der Waals surface area contributed by atoms with E-state index in [0.717, 1.165) is 53.6 Å². The molecule has 4 N–H and O–H groups in total. The number of alkyl halides is 6. The van der Waals surface area contributed by atoms with Gasteiger partial charge < -0.3 is 44.5 Å². The number of nitrogens with two attached hydrogens (primary N) is 1. The zero-order valence-electron chi connectivity index (χ0n) is 41.0. The van der Waals surface area contributed by atoms with Crippen LogP contribution in [0, 0.1) is 17.0 Å². The number of rotatable bonds is 22. The number of amides is 2. The number of carboxylic acid groups (broad SMARTS) is 1. The molecule has 18 nitrogen and oxygen atoms in total. The molecule has 3 aromatic rings. The summed E-state index contributed by atoms with van der Waals surface area (Å²) in [4.78, 5) is 78.9. The molecule has 0 aromatic heterocycles. The lowest BCUT2D eigenvalue weighted by Gasteiger charge is -2.31. The van der Waals surface area contributed by atoms with Gasteiger partial charge >= 0.3 is 24.1 Å². The van der Waals surface area contributed by atoms with Crippen LogP contribution in [0.4, 0.5) is 24.5 Å². The number of carboxylic acids is 1. The van der Waals surface area contributed by atoms with E-state index in [1.807, 2.05) is 26.0 Å². The molecular formula is C47H60Cl4F3N4O14P. The van der Waals surface area contributed by atoms with Gasteiger partial charge in [-0.05, 0) is 75.9 Å². The number of halogens is 7. The van der Waals surface area contributed by atoms with E-state index in [4.69, 9.17) is 81.1 Å². The van der Waals surface area contributed by atoms with E-state index in [-0.39, 0.29) is 59.4 Å². The number of nitrogens with zero attached hydrogens (tertiary/aromatic N) is 3. The van der Waals surface area contributed by atoms with Crippen LogP contribution in [0.3, 0.4) is 0 Å². The van der Waals surface area contributed by atoms with Crippen LogP contribution < -0.4 is 15.4 Å². The van der Waals surface area contributed by atoms with Gasteiger partial charge in [-0.3, -0.25) is 29.1 Å². The minimum Gasteiger partial charge on any atom is -0.480 e. The summed E-state index contributed by atoms with van der Waals surface area (Å²) in [5, 5.41) is 19.2. The van der Waals surface area contributed by atoms with Crippen molar-refractivity contribution in [2.75, 3.05) is 57.0 Å². The highest BCUT2D eigenvalue weighted by Crippen LogP contribution is 2.38. The van der Waals surface area contributed by atoms with Crippen LogP contribution in [0.25, 0.3) is 0 Å². The number of nitro benzene ring substituents is 1. The third kappa shape index (κ3) is 24.6. The summed E-state index contributed by atoms with van der Waals surface area (Å²) >= 11 is 22.4. The molecule has 0 heterocycles. The summed E-state index contributed by atoms with van der Waals surface area (Å²) in [5.41, 5.74) is 6.14. The molecular weight excluding hydrogens is 1070 g/mol. The van der Waals surface area contributed by atoms with E-state index in [0.29, 0.717) is 25.8 Å². The number of nitro groups is 1. The number of aryl methyl sites for hydroxylation is 2. The molecule has 3 rings (SSSR count). The van der Waals surface area contributed by atoms with Crippen LogP contribution in [0.15, 0.2) is 79.9 Å². The number of esters is 2. The monoisotopic (exact) mass is 1130 g/mol. The Kier molecular flexibility index (Phi) is 31.1. The maximum Gasteiger partial charge on any atom is 0.416 e. The Morgan fingerprint density at radius 2 is 1.62 bits per heavy atom. The molecule has 3 aromatic carbocycles. The normalized spacial score (nSPS) is 12.7. The number of aliphatic carboxylic acids is 1. The fourth-order valence-electron chi connectivity index (χ4n) is 5.85. The second kappa shape index (κ2) is 33.5. The van der Waals surface area contributed by atoms with Crippen molar-refractivity contribution in [2.45, 2.75) is 76.7 Å². The van der Waals surface area contributed by atoms with Gasteiger partial charge in [0, 0.05) is 45.2 Å². The van der Waals surface area contributed by atoms with Crippen molar-refractivity contribution in [3.8, 4) is 11.5 Å². The molecule has 0 radical (unpaired) electrons. The maximum atomic E-state index is 12.8. The van der Waals surface area contributed by atoms with Crippen molar-refractivity contribution in [2.24, 2.45) is 5.73 Å². The predicted octanol–water partition coefficient (Wildman–Crippen LogP) is 10.0. The van der Waals surface area contributed by atoms with Crippen LogP contribution in [0.2, 0.25) is 5.02 Å². The summed E-state index contributed by atoms with van der Waals surface area (Å²) in [6.45, 7) is 18.4. The van der Waals surface area contributed by atoms with Crippen LogP contribution >= 0.6 is 53.8 Å². The van der Waals surface area contributed by atoms with Gasteiger partial charge in [-0.2, -0.15) is 13.2 Å². The lowest BCUT2D eigenvalue weighted by molar-refractivity contribution is -0.385. The van der Waals surface area contributed by atoms with Gasteiger partial charge in [0.25, 0.3) is 11.6 Å². The Bertz CT molecular complexity index is 2380. The topological polar surface area (TPSA) is 255 Å². The summed E-state index contributed by atoms with van der Waals surface area (Å²) < 4.78 is 69.0. The van der Waals surface area contributed by atoms with Crippen molar-refractivity contribution in [1.82, 2.24) is 4.90 Å². The Balaban J connectivity index is 0.00000105. The van der Waals surface area contributed by atoms with E-state index in [1.54, 1.807) is 31.1 Å². The molecule has 0 aliphatic heterocycles. The molecule has 73 heavy (non-hydrogen) atoms. The van der Waals surface area contributed by atoms with Crippen LogP contribution in [-0.2, 0) is 50.6 Å². The van der Waals surface area contributed by atoms with Crippen LogP contribution in [0.5, 0.6) is 11.5 Å². The van der Waals surface area contributed by atoms with E-state index in [1.165, 1.54) is 18.5 Å². The average molecular weight is 1130 g/mol. The Morgan fingerprint density at radius 1 is 1.01 bits per heavy atom. The second-order valence-electron chi connectivity index (χ2n) is 15.2. The molecule has 26 heteroatoms. The molecule has 0 saturated heterocycles. The SMILES string of the molecule is C=CCN(CC=C)C(=O)C(Cl)Cl.CCOC(=O)C(C)OC(=O)c1cc(Oc2ccc(C(F)(F)F)cc2Cl)ccc1[N+](=O)[O-].CCc1cccc(C)c1N(C(=O)CCl)C(C)COC.CP(=O)(O)CCC(N)C(=O)O. The van der Waals surface area contributed by atoms with Crippen molar-refractivity contribution >= 4 is 94.9 Å². The molecule has 0 bridgehead atoms. The van der Waals surface area contributed by atoms with Gasteiger partial charge in [0.05, 0.1) is 40.5 Å². The zero-order chi connectivity index (χ0) is 56.4. The van der Waals surface area contributed by atoms with E-state index >= 15 is 0 Å². The van der Waals surface area contributed by atoms with Gasteiger partial charge in [-0.15, -0.1) is 24.8 Å². The van der Waals surface area contributed by atoms with Crippen molar-refractivity contribution in [3.05, 3.63) is 117 Å². The number of ether oxygens (including phenoxy) is 4. The smallest absolute Gasteiger partial charge is 0.416 e. The highest BCUT2D eigenvalue weighted by Gasteiger charge is 2.32. The van der Waals surface area contributed by atoms with Crippen LogP contribution in [-0.4, -0.2) is 125 Å². The number of carbonyl (C=O) groups is 5. The quantitative estimate of drug-likeness (QED) is 0.0211. The molecule has 4 atom stereocenters. The fraction of sp³-hybridized carbons (Fsp3) is 0.426. The Labute approximate surface area is 441 Å². The summed E-state index contributed by atoms with van der Waals surface area (Å²) in [7, 11) is -1.47. The molecule has 0 saturated carbocycles. The standard InChI is InChI=1S/C19H15ClF3NO7.C15H22ClNO2.C8H11Cl2NO.C5H12NO4P/c1-3-29-17(25)10(2)30-18(26)13-9-12(5-6-15(13)24(27)28)31-16-7-4-11(8-14(16)20)19(21,22)23;1-5-13-8-6-7-11(2)15(13)17(14(18)9-16)12(3)10-19-4;1-3-5-11(6-4-2)8(12)7(9)10;1-11(9,10)3-2-4(6)5(7)8/h4-10H,3H2,1-2H3;6-8,12H,5,9-10H2,1-4H3;3-4,7H,1-2,5-6H2;4H,2-3,6H2,1H3,(H,7,8)(H,9,10). The van der Waals surface area contributed by atoms with Gasteiger partial charge in [-0.25, -0.2) is 9.59 Å². The molecule has 2 amide bonds. The largest absolute Gasteiger partial charge is 0.480 e. The van der Waals surface area contributed by atoms with Gasteiger partial charge in [0.1, 0.15) is 29.0 Å².